The quantitative estimate of drug-likeness (QED) is 0.162. The standard InChI is InChI=1S/C30H34N4O7/c1-5-39-25-9-7-8-21(27(25)41-18-26(35)40-6-2)17-32-24-15-10-19(3)16-23(24)29(36)33-22-13-11-20(12-14-22)28(31)34-30(37)38-4/h7-16,32H,5-6,17-18H2,1-4H3,(H,33,36)(H2,31,34,37). The number of amidine groups is 1. The number of carbonyl (C=O) groups is 3. The summed E-state index contributed by atoms with van der Waals surface area (Å²) in [5.74, 6) is 0.101. The second kappa shape index (κ2) is 14.9. The molecule has 3 aromatic carbocycles. The molecule has 2 amide bonds. The number of hydrogen-bond donors (Lipinski definition) is 3. The average molecular weight is 563 g/mol. The van der Waals surface area contributed by atoms with Crippen LogP contribution in [0.25, 0.3) is 0 Å². The molecule has 0 heterocycles. The monoisotopic (exact) mass is 562 g/mol. The predicted octanol–water partition coefficient (Wildman–Crippen LogP) is 4.67. The van der Waals surface area contributed by atoms with E-state index < -0.39 is 12.1 Å². The molecule has 0 aliphatic carbocycles. The van der Waals surface area contributed by atoms with Crippen molar-refractivity contribution in [3.8, 4) is 11.5 Å². The van der Waals surface area contributed by atoms with E-state index in [0.717, 1.165) is 11.1 Å². The van der Waals surface area contributed by atoms with Crippen molar-refractivity contribution < 1.29 is 33.3 Å². The first kappa shape index (κ1) is 30.5. The third-order valence-corrected chi connectivity index (χ3v) is 5.71. The maximum atomic E-state index is 13.3. The first-order valence-electron chi connectivity index (χ1n) is 13.0. The summed E-state index contributed by atoms with van der Waals surface area (Å²) in [6, 6.07) is 17.5. The van der Waals surface area contributed by atoms with E-state index >= 15 is 0 Å². The van der Waals surface area contributed by atoms with Crippen molar-refractivity contribution in [1.82, 2.24) is 0 Å². The molecule has 41 heavy (non-hydrogen) atoms. The van der Waals surface area contributed by atoms with Crippen LogP contribution in [0, 0.1) is 6.92 Å². The van der Waals surface area contributed by atoms with Gasteiger partial charge in [0.15, 0.2) is 18.1 Å². The number of aryl methyl sites for hydroxylation is 1. The Labute approximate surface area is 238 Å². The Bertz CT molecular complexity index is 1400. The van der Waals surface area contributed by atoms with Crippen molar-refractivity contribution in [3.63, 3.8) is 0 Å². The molecule has 0 radical (unpaired) electrons. The zero-order chi connectivity index (χ0) is 29.8. The lowest BCUT2D eigenvalue weighted by Gasteiger charge is -2.18. The normalized spacial score (nSPS) is 10.9. The van der Waals surface area contributed by atoms with Crippen LogP contribution in [-0.4, -0.2) is 50.7 Å². The smallest absolute Gasteiger partial charge is 0.435 e. The van der Waals surface area contributed by atoms with Gasteiger partial charge in [0, 0.05) is 29.0 Å². The third-order valence-electron chi connectivity index (χ3n) is 5.71. The fourth-order valence-electron chi connectivity index (χ4n) is 3.79. The largest absolute Gasteiger partial charge is 0.490 e. The minimum atomic E-state index is -0.804. The molecule has 4 N–H and O–H groups in total. The molecule has 0 aliphatic heterocycles. The van der Waals surface area contributed by atoms with Crippen LogP contribution in [0.2, 0.25) is 0 Å². The van der Waals surface area contributed by atoms with Gasteiger partial charge in [0.2, 0.25) is 0 Å². The second-order valence-electron chi connectivity index (χ2n) is 8.67. The Morgan fingerprint density at radius 3 is 2.39 bits per heavy atom. The molecule has 0 saturated carbocycles. The van der Waals surface area contributed by atoms with Gasteiger partial charge in [-0.1, -0.05) is 23.8 Å². The highest BCUT2D eigenvalue weighted by atomic mass is 16.6. The topological polar surface area (TPSA) is 151 Å². The second-order valence-corrected chi connectivity index (χ2v) is 8.67. The molecule has 0 bridgehead atoms. The number of para-hydroxylation sites is 1. The first-order chi connectivity index (χ1) is 19.7. The summed E-state index contributed by atoms with van der Waals surface area (Å²) in [6.07, 6.45) is -0.804. The van der Waals surface area contributed by atoms with Gasteiger partial charge in [-0.2, -0.15) is 4.99 Å². The number of benzene rings is 3. The fourth-order valence-corrected chi connectivity index (χ4v) is 3.79. The molecule has 3 aromatic rings. The van der Waals surface area contributed by atoms with Crippen molar-refractivity contribution in [2.75, 3.05) is 37.6 Å². The highest BCUT2D eigenvalue weighted by Crippen LogP contribution is 2.32. The van der Waals surface area contributed by atoms with Crippen LogP contribution in [0.15, 0.2) is 65.7 Å². The number of carbonyl (C=O) groups excluding carboxylic acids is 3. The number of methoxy groups -OCH3 is 1. The molecule has 11 nitrogen and oxygen atoms in total. The number of ether oxygens (including phenoxy) is 4. The van der Waals surface area contributed by atoms with Gasteiger partial charge in [0.25, 0.3) is 5.91 Å². The van der Waals surface area contributed by atoms with Gasteiger partial charge in [0.1, 0.15) is 5.84 Å². The Kier molecular flexibility index (Phi) is 11.1. The number of nitrogens with zero attached hydrogens (tertiary/aromatic N) is 1. The molecule has 0 atom stereocenters. The van der Waals surface area contributed by atoms with Crippen molar-refractivity contribution in [2.24, 2.45) is 10.7 Å². The van der Waals surface area contributed by atoms with E-state index in [2.05, 4.69) is 20.4 Å². The van der Waals surface area contributed by atoms with Gasteiger partial charge < -0.3 is 35.3 Å². The number of anilines is 2. The minimum absolute atomic E-state index is 0.00101. The number of nitrogens with one attached hydrogen (secondary N) is 2. The predicted molar refractivity (Wildman–Crippen MR) is 156 cm³/mol. The van der Waals surface area contributed by atoms with Crippen molar-refractivity contribution in [3.05, 3.63) is 82.9 Å². The summed E-state index contributed by atoms with van der Waals surface area (Å²) < 4.78 is 21.0. The highest BCUT2D eigenvalue weighted by Gasteiger charge is 2.16. The molecule has 0 unspecified atom stereocenters. The number of esters is 1. The molecule has 216 valence electrons. The van der Waals surface area contributed by atoms with Crippen LogP contribution in [0.4, 0.5) is 16.2 Å². The molecule has 0 spiro atoms. The SMILES string of the molecule is CCOC(=O)COc1c(CNc2ccc(C)cc2C(=O)Nc2ccc(/C(N)=N/C(=O)OC)cc2)cccc1OCC. The first-order valence-corrected chi connectivity index (χ1v) is 13.0. The number of rotatable bonds is 12. The van der Waals surface area contributed by atoms with Gasteiger partial charge in [-0.05, 0) is 63.2 Å². The van der Waals surface area contributed by atoms with Gasteiger partial charge in [0.05, 0.1) is 25.9 Å². The van der Waals surface area contributed by atoms with Crippen molar-refractivity contribution in [1.29, 1.82) is 0 Å². The third kappa shape index (κ3) is 8.72. The van der Waals surface area contributed by atoms with Gasteiger partial charge in [-0.3, -0.25) is 4.79 Å². The molecular formula is C30H34N4O7. The highest BCUT2D eigenvalue weighted by molar-refractivity contribution is 6.08. The number of amides is 2. The van der Waals surface area contributed by atoms with Crippen LogP contribution in [0.3, 0.4) is 0 Å². The molecule has 0 fully saturated rings. The van der Waals surface area contributed by atoms with E-state index in [1.165, 1.54) is 7.11 Å². The van der Waals surface area contributed by atoms with Gasteiger partial charge in [-0.25, -0.2) is 9.59 Å². The Morgan fingerprint density at radius 2 is 1.71 bits per heavy atom. The zero-order valence-corrected chi connectivity index (χ0v) is 23.5. The Hall–Kier alpha value is -5.06. The van der Waals surface area contributed by atoms with Gasteiger partial charge in [-0.15, -0.1) is 0 Å². The zero-order valence-electron chi connectivity index (χ0n) is 23.5. The maximum Gasteiger partial charge on any atom is 0.435 e. The number of hydrogen-bond acceptors (Lipinski definition) is 8. The fraction of sp³-hybridized carbons (Fsp3) is 0.267. The number of aliphatic imine (C=N–C) groups is 1. The summed E-state index contributed by atoms with van der Waals surface area (Å²) in [7, 11) is 1.21. The molecule has 11 heteroatoms. The maximum absolute atomic E-state index is 13.3. The average Bonchev–Trinajstić information content (AvgIpc) is 2.96. The molecular weight excluding hydrogens is 528 g/mol. The molecule has 0 saturated heterocycles. The van der Waals surface area contributed by atoms with Crippen LogP contribution in [0.1, 0.15) is 40.9 Å². The summed E-state index contributed by atoms with van der Waals surface area (Å²) >= 11 is 0. The van der Waals surface area contributed by atoms with E-state index in [4.69, 9.17) is 19.9 Å². The summed E-state index contributed by atoms with van der Waals surface area (Å²) in [5, 5.41) is 6.18. The molecule has 0 aliphatic rings. The lowest BCUT2D eigenvalue weighted by molar-refractivity contribution is -0.145. The van der Waals surface area contributed by atoms with Crippen LogP contribution >= 0.6 is 0 Å². The molecule has 0 aromatic heterocycles. The van der Waals surface area contributed by atoms with Crippen molar-refractivity contribution >= 4 is 35.2 Å². The van der Waals surface area contributed by atoms with Crippen LogP contribution in [-0.2, 0) is 20.8 Å². The van der Waals surface area contributed by atoms with E-state index in [1.807, 2.05) is 38.1 Å². The van der Waals surface area contributed by atoms with Crippen LogP contribution < -0.4 is 25.8 Å². The van der Waals surface area contributed by atoms with Crippen molar-refractivity contribution in [2.45, 2.75) is 27.3 Å². The molecule has 3 rings (SSSR count). The van der Waals surface area contributed by atoms with E-state index in [-0.39, 0.29) is 31.5 Å². The number of nitrogens with two attached hydrogens (primary N) is 1. The summed E-state index contributed by atoms with van der Waals surface area (Å²) in [4.78, 5) is 40.1. The lowest BCUT2D eigenvalue weighted by atomic mass is 10.1. The summed E-state index contributed by atoms with van der Waals surface area (Å²) in [5.41, 5.74) is 9.51. The van der Waals surface area contributed by atoms with E-state index in [0.29, 0.717) is 40.6 Å². The summed E-state index contributed by atoms with van der Waals surface area (Å²) in [6.45, 7) is 6.17. The van der Waals surface area contributed by atoms with E-state index in [9.17, 15) is 14.4 Å². The Balaban J connectivity index is 1.78. The van der Waals surface area contributed by atoms with E-state index in [1.54, 1.807) is 43.3 Å². The van der Waals surface area contributed by atoms with Gasteiger partial charge >= 0.3 is 12.1 Å². The minimum Gasteiger partial charge on any atom is -0.490 e. The lowest BCUT2D eigenvalue weighted by Crippen LogP contribution is -2.18. The Morgan fingerprint density at radius 1 is 0.951 bits per heavy atom. The van der Waals surface area contributed by atoms with Crippen LogP contribution in [0.5, 0.6) is 11.5 Å².